The number of carbonyl (C=O) groups is 2. The molecular weight excluding hydrogens is 400 g/mol. The molecule has 1 atom stereocenters. The van der Waals surface area contributed by atoms with Crippen molar-refractivity contribution in [2.75, 3.05) is 0 Å². The van der Waals surface area contributed by atoms with Crippen molar-refractivity contribution in [1.82, 2.24) is 4.57 Å². The number of para-hydroxylation sites is 1. The van der Waals surface area contributed by atoms with Crippen molar-refractivity contribution in [3.8, 4) is 0 Å². The summed E-state index contributed by atoms with van der Waals surface area (Å²) in [6.07, 6.45) is 1.83. The van der Waals surface area contributed by atoms with Crippen LogP contribution in [0.5, 0.6) is 0 Å². The van der Waals surface area contributed by atoms with Crippen LogP contribution in [0.4, 0.5) is 0 Å². The van der Waals surface area contributed by atoms with Crippen LogP contribution in [0.2, 0.25) is 0 Å². The number of hydrogen-bond acceptors (Lipinski definition) is 4. The first-order chi connectivity index (χ1) is 15.5. The summed E-state index contributed by atoms with van der Waals surface area (Å²) >= 11 is 0. The second kappa shape index (κ2) is 7.61. The second-order valence-electron chi connectivity index (χ2n) is 8.09. The first-order valence-corrected chi connectivity index (χ1v) is 10.5. The normalized spacial score (nSPS) is 16.4. The summed E-state index contributed by atoms with van der Waals surface area (Å²) in [7, 11) is 0. The number of nitrogens with zero attached hydrogens (tertiary/aromatic N) is 2. The molecule has 0 spiro atoms. The molecule has 1 aliphatic heterocycles. The van der Waals surface area contributed by atoms with Gasteiger partial charge in [-0.15, -0.1) is 6.58 Å². The Morgan fingerprint density at radius 2 is 1.91 bits per heavy atom. The molecule has 1 unspecified atom stereocenters. The van der Waals surface area contributed by atoms with E-state index in [0.29, 0.717) is 23.4 Å². The monoisotopic (exact) mass is 422 g/mol. The number of oxime groups is 1. The highest BCUT2D eigenvalue weighted by atomic mass is 16.7. The van der Waals surface area contributed by atoms with E-state index in [0.717, 1.165) is 32.9 Å². The lowest BCUT2D eigenvalue weighted by molar-refractivity contribution is -0.140. The van der Waals surface area contributed by atoms with Gasteiger partial charge in [0.25, 0.3) is 0 Å². The molecule has 32 heavy (non-hydrogen) atoms. The lowest BCUT2D eigenvalue weighted by Gasteiger charge is -2.24. The largest absolute Gasteiger partial charge is 0.339 e. The number of aryl methyl sites for hydroxylation is 1. The van der Waals surface area contributed by atoms with Gasteiger partial charge >= 0.3 is 5.97 Å². The Hall–Kier alpha value is -3.99. The van der Waals surface area contributed by atoms with Crippen LogP contribution in [0.25, 0.3) is 21.8 Å². The second-order valence-corrected chi connectivity index (χ2v) is 8.09. The summed E-state index contributed by atoms with van der Waals surface area (Å²) in [5.41, 5.74) is 5.99. The van der Waals surface area contributed by atoms with Gasteiger partial charge in [-0.2, -0.15) is 0 Å². The van der Waals surface area contributed by atoms with Crippen LogP contribution in [0, 0.1) is 12.8 Å². The number of ketones is 1. The molecule has 0 saturated heterocycles. The molecule has 2 heterocycles. The first-order valence-electron chi connectivity index (χ1n) is 10.5. The standard InChI is InChI=1S/C27H22N2O3/c1-4-18-15-29-24-13-12-19(27(31)20-9-6-5-8-16(20)2)14-23(24)21-10-7-11-22(26(21)29)25(18)28-32-17(3)30/h4-14,18H,1,15H2,2-3H3/b28-25+. The number of hydrogen-bond donors (Lipinski definition) is 0. The third-order valence-electron chi connectivity index (χ3n) is 6.10. The predicted octanol–water partition coefficient (Wildman–Crippen LogP) is 5.42. The van der Waals surface area contributed by atoms with Crippen molar-refractivity contribution >= 4 is 39.3 Å². The van der Waals surface area contributed by atoms with Crippen LogP contribution >= 0.6 is 0 Å². The first kappa shape index (κ1) is 19.9. The van der Waals surface area contributed by atoms with Crippen LogP contribution in [-0.4, -0.2) is 22.0 Å². The lowest BCUT2D eigenvalue weighted by atomic mass is 9.92. The molecule has 5 heteroatoms. The number of allylic oxidation sites excluding steroid dienone is 1. The Bertz CT molecular complexity index is 1460. The van der Waals surface area contributed by atoms with Gasteiger partial charge in [-0.25, -0.2) is 4.79 Å². The van der Waals surface area contributed by atoms with E-state index in [4.69, 9.17) is 4.84 Å². The van der Waals surface area contributed by atoms with E-state index in [1.54, 1.807) is 0 Å². The summed E-state index contributed by atoms with van der Waals surface area (Å²) in [6.45, 7) is 7.88. The quantitative estimate of drug-likeness (QED) is 0.191. The Kier molecular flexibility index (Phi) is 4.74. The highest BCUT2D eigenvalue weighted by Crippen LogP contribution is 2.37. The van der Waals surface area contributed by atoms with Crippen molar-refractivity contribution in [3.63, 3.8) is 0 Å². The maximum Gasteiger partial charge on any atom is 0.331 e. The van der Waals surface area contributed by atoms with Crippen molar-refractivity contribution in [1.29, 1.82) is 0 Å². The molecule has 0 radical (unpaired) electrons. The van der Waals surface area contributed by atoms with Crippen molar-refractivity contribution < 1.29 is 14.4 Å². The SMILES string of the molecule is C=CC1Cn2c3ccc(C(=O)c4ccccc4C)cc3c3cccc(c32)/C1=N/OC(C)=O. The zero-order chi connectivity index (χ0) is 22.4. The molecule has 0 bridgehead atoms. The van der Waals surface area contributed by atoms with Crippen LogP contribution in [0.1, 0.15) is 34.0 Å². The minimum absolute atomic E-state index is 0.0120. The van der Waals surface area contributed by atoms with Gasteiger partial charge in [-0.3, -0.25) is 4.79 Å². The third-order valence-corrected chi connectivity index (χ3v) is 6.10. The van der Waals surface area contributed by atoms with Gasteiger partial charge in [0, 0.05) is 52.4 Å². The van der Waals surface area contributed by atoms with Gasteiger partial charge in [-0.1, -0.05) is 53.7 Å². The zero-order valence-corrected chi connectivity index (χ0v) is 18.0. The molecule has 3 aromatic carbocycles. The highest BCUT2D eigenvalue weighted by molar-refractivity contribution is 6.21. The molecule has 0 N–H and O–H groups in total. The van der Waals surface area contributed by atoms with Gasteiger partial charge in [0.15, 0.2) is 5.78 Å². The van der Waals surface area contributed by atoms with Gasteiger partial charge in [0.1, 0.15) is 0 Å². The summed E-state index contributed by atoms with van der Waals surface area (Å²) in [5, 5.41) is 6.20. The number of benzene rings is 3. The van der Waals surface area contributed by atoms with Crippen LogP contribution in [0.15, 0.2) is 78.5 Å². The van der Waals surface area contributed by atoms with E-state index in [2.05, 4.69) is 22.4 Å². The summed E-state index contributed by atoms with van der Waals surface area (Å²) in [6, 6.07) is 19.5. The van der Waals surface area contributed by atoms with Crippen molar-refractivity contribution in [2.45, 2.75) is 20.4 Å². The Balaban J connectivity index is 1.72. The van der Waals surface area contributed by atoms with Gasteiger partial charge < -0.3 is 9.40 Å². The minimum atomic E-state index is -0.460. The van der Waals surface area contributed by atoms with Crippen LogP contribution in [0.3, 0.4) is 0 Å². The van der Waals surface area contributed by atoms with Crippen molar-refractivity contribution in [2.24, 2.45) is 11.1 Å². The van der Waals surface area contributed by atoms with E-state index >= 15 is 0 Å². The number of carbonyl (C=O) groups excluding carboxylic acids is 2. The molecule has 0 aliphatic carbocycles. The van der Waals surface area contributed by atoms with E-state index in [1.807, 2.05) is 67.6 Å². The number of fused-ring (bicyclic) bond motifs is 3. The summed E-state index contributed by atoms with van der Waals surface area (Å²) < 4.78 is 2.24. The number of aromatic nitrogens is 1. The smallest absolute Gasteiger partial charge is 0.331 e. The van der Waals surface area contributed by atoms with Crippen molar-refractivity contribution in [3.05, 3.63) is 95.6 Å². The molecular formula is C27H22N2O3. The predicted molar refractivity (Wildman–Crippen MR) is 126 cm³/mol. The fourth-order valence-electron chi connectivity index (χ4n) is 4.58. The molecule has 0 amide bonds. The van der Waals surface area contributed by atoms with Gasteiger partial charge in [0.05, 0.1) is 11.2 Å². The average molecular weight is 422 g/mol. The minimum Gasteiger partial charge on any atom is -0.339 e. The Labute approximate surface area is 185 Å². The molecule has 5 rings (SSSR count). The van der Waals surface area contributed by atoms with E-state index in [-0.39, 0.29) is 11.7 Å². The molecule has 4 aromatic rings. The third kappa shape index (κ3) is 3.05. The molecule has 5 nitrogen and oxygen atoms in total. The fourth-order valence-corrected chi connectivity index (χ4v) is 4.58. The lowest BCUT2D eigenvalue weighted by Crippen LogP contribution is -2.25. The molecule has 1 aliphatic rings. The van der Waals surface area contributed by atoms with E-state index in [9.17, 15) is 9.59 Å². The maximum atomic E-state index is 13.2. The van der Waals surface area contributed by atoms with E-state index < -0.39 is 5.97 Å². The summed E-state index contributed by atoms with van der Waals surface area (Å²) in [5.74, 6) is -0.549. The zero-order valence-electron chi connectivity index (χ0n) is 18.0. The Morgan fingerprint density at radius 3 is 2.66 bits per heavy atom. The molecule has 0 fully saturated rings. The number of rotatable bonds is 4. The van der Waals surface area contributed by atoms with Gasteiger partial charge in [-0.05, 0) is 30.7 Å². The Morgan fingerprint density at radius 1 is 1.09 bits per heavy atom. The molecule has 158 valence electrons. The molecule has 0 saturated carbocycles. The topological polar surface area (TPSA) is 60.7 Å². The fraction of sp³-hybridized carbons (Fsp3) is 0.148. The highest BCUT2D eigenvalue weighted by Gasteiger charge is 2.28. The van der Waals surface area contributed by atoms with Crippen LogP contribution < -0.4 is 0 Å². The summed E-state index contributed by atoms with van der Waals surface area (Å²) in [4.78, 5) is 29.6. The molecule has 1 aromatic heterocycles. The van der Waals surface area contributed by atoms with Crippen LogP contribution in [-0.2, 0) is 16.2 Å². The van der Waals surface area contributed by atoms with Gasteiger partial charge in [0.2, 0.25) is 0 Å². The maximum absolute atomic E-state index is 13.2. The average Bonchev–Trinajstić information content (AvgIpc) is 3.12. The van der Waals surface area contributed by atoms with E-state index in [1.165, 1.54) is 6.92 Å².